The molecule has 4 heteroatoms. The van der Waals surface area contributed by atoms with Crippen LogP contribution >= 0.6 is 15.9 Å². The fraction of sp³-hybridized carbons (Fsp3) is 0.143. The molecule has 0 fully saturated rings. The highest BCUT2D eigenvalue weighted by atomic mass is 79.9. The molecule has 92 valence electrons. The minimum Gasteiger partial charge on any atom is -0.493 e. The zero-order valence-corrected chi connectivity index (χ0v) is 11.3. The number of aromatic nitrogens is 1. The first-order chi connectivity index (χ1) is 8.75. The van der Waals surface area contributed by atoms with Gasteiger partial charge in [-0.05, 0) is 36.4 Å². The quantitative estimate of drug-likeness (QED) is 0.794. The molecular weight excluding hydrogens is 294 g/mol. The summed E-state index contributed by atoms with van der Waals surface area (Å²) in [6, 6.07) is 11.0. The number of Topliss-reactive ketones (excluding diaryl/α,β-unsaturated/α-hetero) is 1. The van der Waals surface area contributed by atoms with Gasteiger partial charge in [0.2, 0.25) is 0 Å². The monoisotopic (exact) mass is 305 g/mol. The third-order valence-corrected chi connectivity index (χ3v) is 2.94. The maximum Gasteiger partial charge on any atom is 0.166 e. The largest absolute Gasteiger partial charge is 0.493 e. The summed E-state index contributed by atoms with van der Waals surface area (Å²) in [7, 11) is 0. The molecule has 0 aliphatic heterocycles. The van der Waals surface area contributed by atoms with Crippen molar-refractivity contribution in [1.82, 2.24) is 4.98 Å². The minimum absolute atomic E-state index is 0.0644. The van der Waals surface area contributed by atoms with E-state index < -0.39 is 0 Å². The first-order valence-corrected chi connectivity index (χ1v) is 6.36. The Morgan fingerprint density at radius 1 is 1.11 bits per heavy atom. The second kappa shape index (κ2) is 6.31. The number of benzene rings is 1. The fourth-order valence-electron chi connectivity index (χ4n) is 1.47. The molecule has 0 unspecified atom stereocenters. The smallest absolute Gasteiger partial charge is 0.166 e. The van der Waals surface area contributed by atoms with E-state index in [9.17, 15) is 4.79 Å². The third kappa shape index (κ3) is 3.67. The minimum atomic E-state index is 0.0644. The summed E-state index contributed by atoms with van der Waals surface area (Å²) in [5, 5.41) is 0. The molecule has 0 saturated heterocycles. The van der Waals surface area contributed by atoms with Gasteiger partial charge in [0.15, 0.2) is 5.78 Å². The average molecular weight is 306 g/mol. The second-order valence-electron chi connectivity index (χ2n) is 3.71. The number of nitrogens with zero attached hydrogens (tertiary/aromatic N) is 1. The number of ether oxygens (including phenoxy) is 1. The SMILES string of the molecule is O=C(CCOc1ccc(Br)cc1)c1ccncc1. The summed E-state index contributed by atoms with van der Waals surface area (Å²) in [4.78, 5) is 15.6. The highest BCUT2D eigenvalue weighted by Crippen LogP contribution is 2.16. The lowest BCUT2D eigenvalue weighted by molar-refractivity contribution is 0.0962. The van der Waals surface area contributed by atoms with E-state index in [1.54, 1.807) is 24.5 Å². The summed E-state index contributed by atoms with van der Waals surface area (Å²) >= 11 is 3.35. The molecule has 2 rings (SSSR count). The molecule has 18 heavy (non-hydrogen) atoms. The van der Waals surface area contributed by atoms with E-state index in [2.05, 4.69) is 20.9 Å². The van der Waals surface area contributed by atoms with Gasteiger partial charge < -0.3 is 4.74 Å². The Balaban J connectivity index is 1.82. The Labute approximate surface area is 114 Å². The van der Waals surface area contributed by atoms with Crippen LogP contribution in [0.4, 0.5) is 0 Å². The van der Waals surface area contributed by atoms with Crippen molar-refractivity contribution in [3.63, 3.8) is 0 Å². The lowest BCUT2D eigenvalue weighted by Crippen LogP contribution is -2.06. The highest BCUT2D eigenvalue weighted by molar-refractivity contribution is 9.10. The van der Waals surface area contributed by atoms with Gasteiger partial charge in [0.1, 0.15) is 5.75 Å². The van der Waals surface area contributed by atoms with E-state index >= 15 is 0 Å². The Bertz CT molecular complexity index is 511. The fourth-order valence-corrected chi connectivity index (χ4v) is 1.74. The normalized spacial score (nSPS) is 10.1. The Morgan fingerprint density at radius 3 is 2.44 bits per heavy atom. The summed E-state index contributed by atoms with van der Waals surface area (Å²) in [6.45, 7) is 0.378. The third-order valence-electron chi connectivity index (χ3n) is 2.41. The molecule has 1 aromatic heterocycles. The van der Waals surface area contributed by atoms with Crippen LogP contribution in [0.25, 0.3) is 0 Å². The summed E-state index contributed by atoms with van der Waals surface area (Å²) in [5.74, 6) is 0.829. The topological polar surface area (TPSA) is 39.2 Å². The average Bonchev–Trinajstić information content (AvgIpc) is 2.42. The number of carbonyl (C=O) groups is 1. The Kier molecular flexibility index (Phi) is 4.47. The van der Waals surface area contributed by atoms with E-state index in [-0.39, 0.29) is 5.78 Å². The molecule has 0 saturated carbocycles. The maximum atomic E-state index is 11.8. The van der Waals surface area contributed by atoms with Gasteiger partial charge in [0.05, 0.1) is 6.61 Å². The Morgan fingerprint density at radius 2 is 1.78 bits per heavy atom. The van der Waals surface area contributed by atoms with Crippen molar-refractivity contribution in [1.29, 1.82) is 0 Å². The standard InChI is InChI=1S/C14H12BrNO2/c15-12-1-3-13(4-2-12)18-10-7-14(17)11-5-8-16-9-6-11/h1-6,8-9H,7,10H2. The number of rotatable bonds is 5. The van der Waals surface area contributed by atoms with Crippen molar-refractivity contribution in [2.45, 2.75) is 6.42 Å². The van der Waals surface area contributed by atoms with Crippen LogP contribution in [0.15, 0.2) is 53.3 Å². The predicted octanol–water partition coefficient (Wildman–Crippen LogP) is 3.50. The van der Waals surface area contributed by atoms with Gasteiger partial charge in [-0.25, -0.2) is 0 Å². The van der Waals surface area contributed by atoms with Crippen LogP contribution in [0.1, 0.15) is 16.8 Å². The summed E-state index contributed by atoms with van der Waals surface area (Å²) in [5.41, 5.74) is 0.671. The molecule has 1 aromatic carbocycles. The van der Waals surface area contributed by atoms with Crippen LogP contribution in [-0.4, -0.2) is 17.4 Å². The van der Waals surface area contributed by atoms with Gasteiger partial charge in [-0.3, -0.25) is 9.78 Å². The molecule has 2 aromatic rings. The van der Waals surface area contributed by atoms with Gasteiger partial charge in [0.25, 0.3) is 0 Å². The molecule has 0 aliphatic rings. The van der Waals surface area contributed by atoms with Gasteiger partial charge >= 0.3 is 0 Å². The number of ketones is 1. The lowest BCUT2D eigenvalue weighted by Gasteiger charge is -2.05. The first-order valence-electron chi connectivity index (χ1n) is 5.57. The zero-order valence-electron chi connectivity index (χ0n) is 9.67. The van der Waals surface area contributed by atoms with E-state index in [0.717, 1.165) is 10.2 Å². The molecule has 0 N–H and O–H groups in total. The van der Waals surface area contributed by atoms with Crippen molar-refractivity contribution < 1.29 is 9.53 Å². The molecule has 3 nitrogen and oxygen atoms in total. The number of hydrogen-bond donors (Lipinski definition) is 0. The zero-order chi connectivity index (χ0) is 12.8. The lowest BCUT2D eigenvalue weighted by atomic mass is 10.1. The van der Waals surface area contributed by atoms with Crippen LogP contribution < -0.4 is 4.74 Å². The van der Waals surface area contributed by atoms with Gasteiger partial charge in [0, 0.05) is 28.9 Å². The summed E-state index contributed by atoms with van der Waals surface area (Å²) < 4.78 is 6.50. The van der Waals surface area contributed by atoms with Gasteiger partial charge in [-0.15, -0.1) is 0 Å². The number of hydrogen-bond acceptors (Lipinski definition) is 3. The molecule has 0 spiro atoms. The van der Waals surface area contributed by atoms with Crippen molar-refractivity contribution >= 4 is 21.7 Å². The van der Waals surface area contributed by atoms with Crippen LogP contribution in [0, 0.1) is 0 Å². The van der Waals surface area contributed by atoms with Gasteiger partial charge in [-0.2, -0.15) is 0 Å². The number of halogens is 1. The molecule has 0 amide bonds. The molecule has 0 aliphatic carbocycles. The molecular formula is C14H12BrNO2. The second-order valence-corrected chi connectivity index (χ2v) is 4.63. The van der Waals surface area contributed by atoms with Crippen molar-refractivity contribution in [3.8, 4) is 5.75 Å². The molecule has 0 bridgehead atoms. The van der Waals surface area contributed by atoms with Crippen LogP contribution in [0.5, 0.6) is 5.75 Å². The van der Waals surface area contributed by atoms with Crippen LogP contribution in [-0.2, 0) is 0 Å². The molecule has 0 atom stereocenters. The maximum absolute atomic E-state index is 11.8. The van der Waals surface area contributed by atoms with E-state index in [4.69, 9.17) is 4.74 Å². The van der Waals surface area contributed by atoms with E-state index in [1.165, 1.54) is 0 Å². The van der Waals surface area contributed by atoms with E-state index in [0.29, 0.717) is 18.6 Å². The number of carbonyl (C=O) groups excluding carboxylic acids is 1. The highest BCUT2D eigenvalue weighted by Gasteiger charge is 2.05. The van der Waals surface area contributed by atoms with Crippen molar-refractivity contribution in [3.05, 3.63) is 58.8 Å². The first kappa shape index (κ1) is 12.8. The van der Waals surface area contributed by atoms with Gasteiger partial charge in [-0.1, -0.05) is 15.9 Å². The predicted molar refractivity (Wildman–Crippen MR) is 72.8 cm³/mol. The number of pyridine rings is 1. The van der Waals surface area contributed by atoms with Crippen molar-refractivity contribution in [2.75, 3.05) is 6.61 Å². The summed E-state index contributed by atoms with van der Waals surface area (Å²) in [6.07, 6.45) is 3.59. The van der Waals surface area contributed by atoms with Crippen LogP contribution in [0.3, 0.4) is 0 Å². The molecule has 0 radical (unpaired) electrons. The Hall–Kier alpha value is -1.68. The van der Waals surface area contributed by atoms with Crippen molar-refractivity contribution in [2.24, 2.45) is 0 Å². The van der Waals surface area contributed by atoms with Crippen LogP contribution in [0.2, 0.25) is 0 Å². The molecule has 1 heterocycles. The van der Waals surface area contributed by atoms with E-state index in [1.807, 2.05) is 24.3 Å².